The zero-order valence-electron chi connectivity index (χ0n) is 10.8. The number of hydrogen-bond acceptors (Lipinski definition) is 4. The molecule has 4 nitrogen and oxygen atoms in total. The molecule has 0 radical (unpaired) electrons. The molecule has 0 saturated carbocycles. The Hall–Kier alpha value is -1.99. The van der Waals surface area contributed by atoms with Crippen LogP contribution in [0.25, 0.3) is 10.9 Å². The molecule has 2 rings (SSSR count). The minimum absolute atomic E-state index is 0.483. The van der Waals surface area contributed by atoms with Crippen LogP contribution in [-0.2, 0) is 0 Å². The molecule has 1 aromatic heterocycles. The maximum Gasteiger partial charge on any atom is 0.145 e. The summed E-state index contributed by atoms with van der Waals surface area (Å²) in [5.74, 6) is 0.642. The first-order chi connectivity index (χ1) is 9.22. The Kier molecular flexibility index (Phi) is 4.08. The summed E-state index contributed by atoms with van der Waals surface area (Å²) < 4.78 is 5.28. The zero-order chi connectivity index (χ0) is 13.8. The predicted molar refractivity (Wildman–Crippen MR) is 76.8 cm³/mol. The van der Waals surface area contributed by atoms with E-state index < -0.39 is 0 Å². The van der Waals surface area contributed by atoms with E-state index in [2.05, 4.69) is 23.3 Å². The van der Waals surface area contributed by atoms with Crippen LogP contribution in [-0.4, -0.2) is 18.6 Å². The number of ether oxygens (including phenoxy) is 1. The number of anilines is 1. The van der Waals surface area contributed by atoms with Crippen LogP contribution < -0.4 is 10.1 Å². The molecule has 1 N–H and O–H groups in total. The van der Waals surface area contributed by atoms with Crippen molar-refractivity contribution >= 4 is 28.2 Å². The van der Waals surface area contributed by atoms with Crippen molar-refractivity contribution in [3.63, 3.8) is 0 Å². The Morgan fingerprint density at radius 3 is 2.89 bits per heavy atom. The van der Waals surface area contributed by atoms with Gasteiger partial charge in [0.25, 0.3) is 0 Å². The van der Waals surface area contributed by atoms with E-state index in [4.69, 9.17) is 16.3 Å². The Labute approximate surface area is 117 Å². The van der Waals surface area contributed by atoms with Crippen molar-refractivity contribution in [3.05, 3.63) is 28.9 Å². The third-order valence-electron chi connectivity index (χ3n) is 2.82. The molecule has 2 aromatic rings. The Morgan fingerprint density at radius 1 is 1.47 bits per heavy atom. The fraction of sp³-hybridized carbons (Fsp3) is 0.286. The van der Waals surface area contributed by atoms with Gasteiger partial charge in [0.05, 0.1) is 23.4 Å². The fourth-order valence-corrected chi connectivity index (χ4v) is 2.17. The standard InChI is InChI=1S/C14H14ClN3O/c1-3-6-17-13-9(7-16)8-18-14-11(19-2)5-4-10(15)12(13)14/h4-5,8H,3,6H2,1-2H3,(H,17,18). The number of methoxy groups -OCH3 is 1. The summed E-state index contributed by atoms with van der Waals surface area (Å²) in [7, 11) is 1.59. The second-order valence-electron chi connectivity index (χ2n) is 4.06. The number of halogens is 1. The van der Waals surface area contributed by atoms with Crippen LogP contribution in [0.4, 0.5) is 5.69 Å². The first-order valence-corrected chi connectivity index (χ1v) is 6.39. The van der Waals surface area contributed by atoms with Gasteiger partial charge in [0, 0.05) is 18.1 Å². The number of benzene rings is 1. The monoisotopic (exact) mass is 275 g/mol. The van der Waals surface area contributed by atoms with E-state index in [-0.39, 0.29) is 0 Å². The van der Waals surface area contributed by atoms with E-state index in [9.17, 15) is 5.26 Å². The quantitative estimate of drug-likeness (QED) is 0.926. The molecule has 0 spiro atoms. The van der Waals surface area contributed by atoms with Gasteiger partial charge in [0.15, 0.2) is 0 Å². The molecule has 0 aliphatic heterocycles. The van der Waals surface area contributed by atoms with Crippen molar-refractivity contribution in [3.8, 4) is 11.8 Å². The summed E-state index contributed by atoms with van der Waals surface area (Å²) in [6.45, 7) is 2.83. The van der Waals surface area contributed by atoms with Gasteiger partial charge in [-0.05, 0) is 18.6 Å². The normalized spacial score (nSPS) is 10.2. The fourth-order valence-electron chi connectivity index (χ4n) is 1.92. The van der Waals surface area contributed by atoms with Crippen LogP contribution in [0, 0.1) is 11.3 Å². The van der Waals surface area contributed by atoms with E-state index in [0.717, 1.165) is 24.0 Å². The van der Waals surface area contributed by atoms with E-state index in [1.165, 1.54) is 0 Å². The van der Waals surface area contributed by atoms with Crippen molar-refractivity contribution in [2.24, 2.45) is 0 Å². The molecule has 5 heteroatoms. The Morgan fingerprint density at radius 2 is 2.26 bits per heavy atom. The van der Waals surface area contributed by atoms with Gasteiger partial charge in [-0.2, -0.15) is 5.26 Å². The van der Waals surface area contributed by atoms with Crippen LogP contribution >= 0.6 is 11.6 Å². The number of fused-ring (bicyclic) bond motifs is 1. The van der Waals surface area contributed by atoms with E-state index in [1.54, 1.807) is 25.4 Å². The molecule has 98 valence electrons. The minimum atomic E-state index is 0.483. The molecule has 1 heterocycles. The summed E-state index contributed by atoms with van der Waals surface area (Å²) in [4.78, 5) is 4.28. The average Bonchev–Trinajstić information content (AvgIpc) is 2.45. The summed E-state index contributed by atoms with van der Waals surface area (Å²) >= 11 is 6.25. The van der Waals surface area contributed by atoms with Crippen molar-refractivity contribution in [2.45, 2.75) is 13.3 Å². The number of nitriles is 1. The van der Waals surface area contributed by atoms with Crippen LogP contribution in [0.2, 0.25) is 5.02 Å². The molecule has 0 bridgehead atoms. The molecule has 0 aliphatic carbocycles. The highest BCUT2D eigenvalue weighted by molar-refractivity contribution is 6.36. The molecular formula is C14H14ClN3O. The smallest absolute Gasteiger partial charge is 0.145 e. The van der Waals surface area contributed by atoms with E-state index in [0.29, 0.717) is 21.9 Å². The third kappa shape index (κ3) is 2.42. The molecule has 0 atom stereocenters. The zero-order valence-corrected chi connectivity index (χ0v) is 11.6. The van der Waals surface area contributed by atoms with Crippen molar-refractivity contribution in [1.82, 2.24) is 4.98 Å². The van der Waals surface area contributed by atoms with Crippen LogP contribution in [0.1, 0.15) is 18.9 Å². The Balaban J connectivity index is 2.76. The summed E-state index contributed by atoms with van der Waals surface area (Å²) in [5.41, 5.74) is 1.86. The maximum atomic E-state index is 9.19. The molecule has 1 aromatic carbocycles. The van der Waals surface area contributed by atoms with Gasteiger partial charge in [-0.1, -0.05) is 18.5 Å². The number of rotatable bonds is 4. The Bertz CT molecular complexity index is 649. The van der Waals surface area contributed by atoms with Crippen LogP contribution in [0.3, 0.4) is 0 Å². The molecular weight excluding hydrogens is 262 g/mol. The molecule has 0 amide bonds. The lowest BCUT2D eigenvalue weighted by Crippen LogP contribution is -2.04. The van der Waals surface area contributed by atoms with Crippen LogP contribution in [0.15, 0.2) is 18.3 Å². The van der Waals surface area contributed by atoms with Gasteiger partial charge in [0.1, 0.15) is 17.3 Å². The van der Waals surface area contributed by atoms with Gasteiger partial charge in [0.2, 0.25) is 0 Å². The van der Waals surface area contributed by atoms with Gasteiger partial charge >= 0.3 is 0 Å². The highest BCUT2D eigenvalue weighted by atomic mass is 35.5. The van der Waals surface area contributed by atoms with Crippen molar-refractivity contribution < 1.29 is 4.74 Å². The number of nitrogens with zero attached hydrogens (tertiary/aromatic N) is 2. The third-order valence-corrected chi connectivity index (χ3v) is 3.14. The summed E-state index contributed by atoms with van der Waals surface area (Å²) in [6, 6.07) is 5.66. The van der Waals surface area contributed by atoms with Crippen molar-refractivity contribution in [2.75, 3.05) is 19.0 Å². The SMILES string of the molecule is CCCNc1c(C#N)cnc2c(OC)ccc(Cl)c12. The minimum Gasteiger partial charge on any atom is -0.494 e. The van der Waals surface area contributed by atoms with Gasteiger partial charge < -0.3 is 10.1 Å². The lowest BCUT2D eigenvalue weighted by molar-refractivity contribution is 0.419. The summed E-state index contributed by atoms with van der Waals surface area (Å²) in [6.07, 6.45) is 2.50. The molecule has 0 aliphatic rings. The second-order valence-corrected chi connectivity index (χ2v) is 4.47. The molecule has 19 heavy (non-hydrogen) atoms. The van der Waals surface area contributed by atoms with Gasteiger partial charge in [-0.25, -0.2) is 0 Å². The first-order valence-electron chi connectivity index (χ1n) is 6.02. The lowest BCUT2D eigenvalue weighted by atomic mass is 10.1. The molecule has 0 saturated heterocycles. The highest BCUT2D eigenvalue weighted by Gasteiger charge is 2.14. The lowest BCUT2D eigenvalue weighted by Gasteiger charge is -2.13. The van der Waals surface area contributed by atoms with Crippen LogP contribution in [0.5, 0.6) is 5.75 Å². The number of nitrogens with one attached hydrogen (secondary N) is 1. The number of hydrogen-bond donors (Lipinski definition) is 1. The van der Waals surface area contributed by atoms with E-state index in [1.807, 2.05) is 0 Å². The van der Waals surface area contributed by atoms with Gasteiger partial charge in [-0.15, -0.1) is 0 Å². The molecule has 0 unspecified atom stereocenters. The second kappa shape index (κ2) is 5.77. The van der Waals surface area contributed by atoms with Crippen molar-refractivity contribution in [1.29, 1.82) is 5.26 Å². The largest absolute Gasteiger partial charge is 0.494 e. The molecule has 0 fully saturated rings. The first kappa shape index (κ1) is 13.4. The van der Waals surface area contributed by atoms with E-state index >= 15 is 0 Å². The highest BCUT2D eigenvalue weighted by Crippen LogP contribution is 2.36. The van der Waals surface area contributed by atoms with Gasteiger partial charge in [-0.3, -0.25) is 4.98 Å². The average molecular weight is 276 g/mol. The summed E-state index contributed by atoms with van der Waals surface area (Å²) in [5, 5.41) is 13.7. The predicted octanol–water partition coefficient (Wildman–Crippen LogP) is 3.59. The topological polar surface area (TPSA) is 57.9 Å². The number of pyridine rings is 1. The maximum absolute atomic E-state index is 9.19. The number of aromatic nitrogens is 1.